The average molecular weight is 171 g/mol. The molecule has 0 saturated heterocycles. The molecule has 1 aromatic rings. The summed E-state index contributed by atoms with van der Waals surface area (Å²) in [4.78, 5) is 3.80. The number of aromatic amines is 1. The van der Waals surface area contributed by atoms with Crippen LogP contribution in [0.25, 0.3) is 6.08 Å². The zero-order valence-corrected chi connectivity index (χ0v) is 6.68. The molecular weight excluding hydrogens is 164 g/mol. The smallest absolute Gasteiger partial charge is 0.218 e. The second kappa shape index (κ2) is 3.30. The monoisotopic (exact) mass is 170 g/mol. The predicted octanol–water partition coefficient (Wildman–Crippen LogP) is 1.51. The molecule has 0 aliphatic rings. The molecule has 58 valence electrons. The number of halogens is 1. The lowest BCUT2D eigenvalue weighted by Gasteiger charge is -1.79. The number of H-pyrrole nitrogens is 1. The van der Waals surface area contributed by atoms with Crippen molar-refractivity contribution in [2.75, 3.05) is 0 Å². The van der Waals surface area contributed by atoms with Crippen molar-refractivity contribution in [1.82, 2.24) is 15.2 Å². The zero-order valence-electron chi connectivity index (χ0n) is 5.93. The Morgan fingerprint density at radius 3 is 2.91 bits per heavy atom. The van der Waals surface area contributed by atoms with Crippen LogP contribution < -0.4 is 0 Å². The van der Waals surface area contributed by atoms with Crippen molar-refractivity contribution in [3.05, 3.63) is 17.2 Å². The summed E-state index contributed by atoms with van der Waals surface area (Å²) in [6.45, 7) is 1.67. The molecule has 0 unspecified atom stereocenters. The second-order valence-corrected chi connectivity index (χ2v) is 2.36. The maximum Gasteiger partial charge on any atom is 0.218 e. The third kappa shape index (κ3) is 2.51. The van der Waals surface area contributed by atoms with Gasteiger partial charge in [0.2, 0.25) is 5.28 Å². The summed E-state index contributed by atoms with van der Waals surface area (Å²) >= 11 is 5.46. The highest BCUT2D eigenvalue weighted by atomic mass is 35.5. The minimum absolute atomic E-state index is 0.257. The minimum Gasteiger partial charge on any atom is -0.306 e. The van der Waals surface area contributed by atoms with Gasteiger partial charge >= 0.3 is 0 Å². The average Bonchev–Trinajstić information content (AvgIpc) is 2.31. The van der Waals surface area contributed by atoms with Gasteiger partial charge in [-0.25, -0.2) is 5.10 Å². The molecule has 0 fully saturated rings. The van der Waals surface area contributed by atoms with E-state index in [-0.39, 0.29) is 5.28 Å². The van der Waals surface area contributed by atoms with Crippen molar-refractivity contribution < 1.29 is 0 Å². The molecule has 5 heteroatoms. The van der Waals surface area contributed by atoms with Crippen LogP contribution in [0, 0.1) is 5.41 Å². The number of rotatable bonds is 2. The van der Waals surface area contributed by atoms with E-state index in [1.165, 1.54) is 0 Å². The van der Waals surface area contributed by atoms with Crippen molar-refractivity contribution in [2.45, 2.75) is 6.92 Å². The topological polar surface area (TPSA) is 65.4 Å². The summed E-state index contributed by atoms with van der Waals surface area (Å²) in [5.74, 6) is 0.488. The van der Waals surface area contributed by atoms with E-state index in [0.29, 0.717) is 11.5 Å². The predicted molar refractivity (Wildman–Crippen MR) is 43.8 cm³/mol. The van der Waals surface area contributed by atoms with Crippen molar-refractivity contribution in [2.24, 2.45) is 0 Å². The summed E-state index contributed by atoms with van der Waals surface area (Å²) in [6, 6.07) is 0. The molecule has 1 heterocycles. The van der Waals surface area contributed by atoms with Gasteiger partial charge in [-0.1, -0.05) is 0 Å². The van der Waals surface area contributed by atoms with Crippen LogP contribution in [0.2, 0.25) is 5.28 Å². The Morgan fingerprint density at radius 2 is 2.45 bits per heavy atom. The first-order chi connectivity index (χ1) is 5.18. The molecule has 0 aliphatic heterocycles. The zero-order chi connectivity index (χ0) is 8.27. The highest BCUT2D eigenvalue weighted by Crippen LogP contribution is 1.99. The van der Waals surface area contributed by atoms with E-state index in [1.807, 2.05) is 0 Å². The first-order valence-electron chi connectivity index (χ1n) is 2.99. The standard InChI is InChI=1S/C6H7ClN4/c1-4(8)2-3-5-9-6(7)11-10-5/h2-3,8H,1H3,(H,9,10,11). The lowest BCUT2D eigenvalue weighted by molar-refractivity contribution is 1.08. The van der Waals surface area contributed by atoms with Gasteiger partial charge in [0.15, 0.2) is 5.82 Å². The molecule has 2 N–H and O–H groups in total. The molecular formula is C6H7ClN4. The third-order valence-corrected chi connectivity index (χ3v) is 1.13. The Bertz CT molecular complexity index is 289. The second-order valence-electron chi connectivity index (χ2n) is 2.00. The molecule has 0 bridgehead atoms. The number of nitrogens with zero attached hydrogens (tertiary/aromatic N) is 2. The van der Waals surface area contributed by atoms with Crippen LogP contribution in [0.1, 0.15) is 12.7 Å². The maximum absolute atomic E-state index is 7.06. The van der Waals surface area contributed by atoms with E-state index in [2.05, 4.69) is 15.2 Å². The lowest BCUT2D eigenvalue weighted by Crippen LogP contribution is -1.80. The first kappa shape index (κ1) is 7.94. The van der Waals surface area contributed by atoms with Gasteiger partial charge in [0, 0.05) is 5.71 Å². The van der Waals surface area contributed by atoms with E-state index < -0.39 is 0 Å². The largest absolute Gasteiger partial charge is 0.306 e. The van der Waals surface area contributed by atoms with Crippen LogP contribution in [0.4, 0.5) is 0 Å². The number of allylic oxidation sites excluding steroid dienone is 1. The summed E-state index contributed by atoms with van der Waals surface area (Å²) in [7, 11) is 0. The Hall–Kier alpha value is -1.16. The number of hydrogen-bond acceptors (Lipinski definition) is 3. The maximum atomic E-state index is 7.06. The van der Waals surface area contributed by atoms with Crippen LogP contribution >= 0.6 is 11.6 Å². The van der Waals surface area contributed by atoms with Gasteiger partial charge in [-0.3, -0.25) is 0 Å². The molecule has 0 saturated carbocycles. The van der Waals surface area contributed by atoms with Gasteiger partial charge in [0.25, 0.3) is 0 Å². The molecule has 1 rings (SSSR count). The Labute approximate surface area is 68.8 Å². The van der Waals surface area contributed by atoms with Crippen molar-refractivity contribution in [3.8, 4) is 0 Å². The highest BCUT2D eigenvalue weighted by Gasteiger charge is 1.93. The fourth-order valence-electron chi connectivity index (χ4n) is 0.528. The molecule has 0 atom stereocenters. The quantitative estimate of drug-likeness (QED) is 0.661. The number of nitrogens with one attached hydrogen (secondary N) is 2. The fraction of sp³-hybridized carbons (Fsp3) is 0.167. The molecule has 0 radical (unpaired) electrons. The SMILES string of the molecule is CC(=N)C=Cc1n[nH]c(Cl)n1. The lowest BCUT2D eigenvalue weighted by atomic mass is 10.4. The van der Waals surface area contributed by atoms with Crippen molar-refractivity contribution in [3.63, 3.8) is 0 Å². The Balaban J connectivity index is 2.71. The van der Waals surface area contributed by atoms with E-state index >= 15 is 0 Å². The van der Waals surface area contributed by atoms with Gasteiger partial charge in [-0.15, -0.1) is 0 Å². The molecule has 1 aromatic heterocycles. The molecule has 0 aliphatic carbocycles. The number of hydrogen-bond donors (Lipinski definition) is 2. The Kier molecular flexibility index (Phi) is 2.38. The van der Waals surface area contributed by atoms with Crippen LogP contribution in [-0.4, -0.2) is 20.9 Å². The molecule has 11 heavy (non-hydrogen) atoms. The third-order valence-electron chi connectivity index (χ3n) is 0.958. The van der Waals surface area contributed by atoms with Crippen LogP contribution in [0.5, 0.6) is 0 Å². The van der Waals surface area contributed by atoms with E-state index in [0.717, 1.165) is 0 Å². The Morgan fingerprint density at radius 1 is 1.73 bits per heavy atom. The van der Waals surface area contributed by atoms with Crippen LogP contribution in [0.3, 0.4) is 0 Å². The van der Waals surface area contributed by atoms with Gasteiger partial charge in [-0.2, -0.15) is 10.1 Å². The molecule has 4 nitrogen and oxygen atoms in total. The number of aromatic nitrogens is 3. The summed E-state index contributed by atoms with van der Waals surface area (Å²) in [5.41, 5.74) is 0.450. The summed E-state index contributed by atoms with van der Waals surface area (Å²) in [5, 5.41) is 13.5. The highest BCUT2D eigenvalue weighted by molar-refractivity contribution is 6.28. The van der Waals surface area contributed by atoms with E-state index in [9.17, 15) is 0 Å². The van der Waals surface area contributed by atoms with Crippen molar-refractivity contribution >= 4 is 23.4 Å². The molecule has 0 amide bonds. The summed E-state index contributed by atoms with van der Waals surface area (Å²) < 4.78 is 0. The van der Waals surface area contributed by atoms with Gasteiger partial charge in [0.1, 0.15) is 0 Å². The van der Waals surface area contributed by atoms with Gasteiger partial charge in [0.05, 0.1) is 0 Å². The molecule has 0 aromatic carbocycles. The fourth-order valence-corrected chi connectivity index (χ4v) is 0.657. The van der Waals surface area contributed by atoms with Crippen LogP contribution in [0.15, 0.2) is 6.08 Å². The van der Waals surface area contributed by atoms with Gasteiger partial charge in [-0.05, 0) is 30.7 Å². The van der Waals surface area contributed by atoms with E-state index in [1.54, 1.807) is 19.1 Å². The van der Waals surface area contributed by atoms with E-state index in [4.69, 9.17) is 17.0 Å². The summed E-state index contributed by atoms with van der Waals surface area (Å²) in [6.07, 6.45) is 3.21. The normalized spacial score (nSPS) is 10.7. The first-order valence-corrected chi connectivity index (χ1v) is 3.37. The minimum atomic E-state index is 0.257. The molecule has 0 spiro atoms. The van der Waals surface area contributed by atoms with Gasteiger partial charge < -0.3 is 5.41 Å². The van der Waals surface area contributed by atoms with Crippen molar-refractivity contribution in [1.29, 1.82) is 5.41 Å². The van der Waals surface area contributed by atoms with Crippen LogP contribution in [-0.2, 0) is 0 Å².